The first-order valence-corrected chi connectivity index (χ1v) is 7.95. The molecule has 1 aromatic heterocycles. The molecule has 0 aliphatic carbocycles. The third kappa shape index (κ3) is 4.27. The van der Waals surface area contributed by atoms with Gasteiger partial charge in [0.1, 0.15) is 12.3 Å². The van der Waals surface area contributed by atoms with Gasteiger partial charge in [-0.05, 0) is 17.2 Å². The number of rotatable bonds is 6. The molecule has 0 saturated carbocycles. The van der Waals surface area contributed by atoms with Crippen molar-refractivity contribution in [2.75, 3.05) is 0 Å². The molecule has 26 heavy (non-hydrogen) atoms. The molecule has 0 atom stereocenters. The number of hydrogen-bond acceptors (Lipinski definition) is 4. The van der Waals surface area contributed by atoms with Gasteiger partial charge in [0, 0.05) is 12.1 Å². The average Bonchev–Trinajstić information content (AvgIpc) is 3.16. The number of H-pyrrole nitrogens is 1. The first-order chi connectivity index (χ1) is 12.6. The van der Waals surface area contributed by atoms with Gasteiger partial charge in [-0.3, -0.25) is 5.10 Å². The highest BCUT2D eigenvalue weighted by Crippen LogP contribution is 2.22. The van der Waals surface area contributed by atoms with Crippen molar-refractivity contribution >= 4 is 12.1 Å². The number of amides is 1. The monoisotopic (exact) mass is 351 g/mol. The summed E-state index contributed by atoms with van der Waals surface area (Å²) in [7, 11) is 0. The van der Waals surface area contributed by atoms with Crippen LogP contribution in [0.15, 0.2) is 60.7 Å². The number of carboxylic acids is 1. The van der Waals surface area contributed by atoms with E-state index in [2.05, 4.69) is 15.5 Å². The van der Waals surface area contributed by atoms with E-state index in [1.165, 1.54) is 6.07 Å². The topological polar surface area (TPSA) is 104 Å². The molecule has 0 fully saturated rings. The molecule has 2 aromatic carbocycles. The average molecular weight is 351 g/mol. The van der Waals surface area contributed by atoms with Crippen LogP contribution in [0.3, 0.4) is 0 Å². The van der Waals surface area contributed by atoms with Crippen LogP contribution in [0.2, 0.25) is 0 Å². The lowest BCUT2D eigenvalue weighted by molar-refractivity contribution is 0.0690. The van der Waals surface area contributed by atoms with E-state index < -0.39 is 12.1 Å². The first-order valence-electron chi connectivity index (χ1n) is 7.95. The van der Waals surface area contributed by atoms with Crippen molar-refractivity contribution in [1.29, 1.82) is 0 Å². The molecule has 0 aliphatic rings. The number of ether oxygens (including phenoxy) is 1. The molecule has 7 heteroatoms. The molecule has 0 aliphatic heterocycles. The summed E-state index contributed by atoms with van der Waals surface area (Å²) in [6, 6.07) is 18.2. The summed E-state index contributed by atoms with van der Waals surface area (Å²) in [4.78, 5) is 22.9. The Labute approximate surface area is 149 Å². The van der Waals surface area contributed by atoms with Crippen LogP contribution >= 0.6 is 0 Å². The van der Waals surface area contributed by atoms with Crippen LogP contribution in [-0.4, -0.2) is 27.4 Å². The maximum Gasteiger partial charge on any atom is 0.407 e. The quantitative estimate of drug-likeness (QED) is 0.632. The highest BCUT2D eigenvalue weighted by molar-refractivity contribution is 5.87. The predicted molar refractivity (Wildman–Crippen MR) is 94.4 cm³/mol. The number of hydrogen-bond donors (Lipinski definition) is 3. The molecule has 1 heterocycles. The standard InChI is InChI=1S/C19H17N3O4/c23-18(24)17-10-16(21-22-17)15-9-5-4-8-14(15)11-20-19(25)26-12-13-6-2-1-3-7-13/h1-10H,11-12H2,(H,20,25)(H,21,22)(H,23,24). The van der Waals surface area contributed by atoms with E-state index in [-0.39, 0.29) is 18.8 Å². The van der Waals surface area contributed by atoms with Crippen molar-refractivity contribution in [2.24, 2.45) is 0 Å². The number of carbonyl (C=O) groups is 2. The van der Waals surface area contributed by atoms with Crippen molar-refractivity contribution in [3.8, 4) is 11.3 Å². The lowest BCUT2D eigenvalue weighted by atomic mass is 10.0. The summed E-state index contributed by atoms with van der Waals surface area (Å²) < 4.78 is 5.18. The Hall–Kier alpha value is -3.61. The molecule has 0 bridgehead atoms. The van der Waals surface area contributed by atoms with E-state index in [1.54, 1.807) is 0 Å². The van der Waals surface area contributed by atoms with E-state index in [0.717, 1.165) is 16.7 Å². The van der Waals surface area contributed by atoms with Crippen molar-refractivity contribution in [3.05, 3.63) is 77.5 Å². The number of nitrogens with one attached hydrogen (secondary N) is 2. The van der Waals surface area contributed by atoms with E-state index in [1.807, 2.05) is 54.6 Å². The summed E-state index contributed by atoms with van der Waals surface area (Å²) in [5, 5.41) is 18.2. The van der Waals surface area contributed by atoms with Crippen molar-refractivity contribution in [1.82, 2.24) is 15.5 Å². The largest absolute Gasteiger partial charge is 0.477 e. The molecule has 3 N–H and O–H groups in total. The van der Waals surface area contributed by atoms with Crippen LogP contribution in [0.1, 0.15) is 21.6 Å². The maximum atomic E-state index is 11.9. The van der Waals surface area contributed by atoms with Crippen molar-refractivity contribution in [2.45, 2.75) is 13.2 Å². The fourth-order valence-electron chi connectivity index (χ4n) is 2.44. The Morgan fingerprint density at radius 2 is 1.81 bits per heavy atom. The molecule has 3 rings (SSSR count). The van der Waals surface area contributed by atoms with Crippen LogP contribution < -0.4 is 5.32 Å². The SMILES string of the molecule is O=C(NCc1ccccc1-c1cc(C(=O)O)[nH]n1)OCc1ccccc1. The second-order valence-corrected chi connectivity index (χ2v) is 5.54. The third-order valence-corrected chi connectivity index (χ3v) is 3.74. The van der Waals surface area contributed by atoms with Gasteiger partial charge in [0.2, 0.25) is 0 Å². The Morgan fingerprint density at radius 1 is 1.08 bits per heavy atom. The number of aromatic carboxylic acids is 1. The zero-order chi connectivity index (χ0) is 18.4. The van der Waals surface area contributed by atoms with Gasteiger partial charge in [-0.25, -0.2) is 9.59 Å². The minimum atomic E-state index is -1.08. The number of benzene rings is 2. The van der Waals surface area contributed by atoms with Gasteiger partial charge in [-0.2, -0.15) is 5.10 Å². The molecular weight excluding hydrogens is 334 g/mol. The van der Waals surface area contributed by atoms with Gasteiger partial charge in [0.05, 0.1) is 5.69 Å². The van der Waals surface area contributed by atoms with Crippen LogP contribution in [0, 0.1) is 0 Å². The highest BCUT2D eigenvalue weighted by atomic mass is 16.5. The van der Waals surface area contributed by atoms with Crippen LogP contribution in [0.5, 0.6) is 0 Å². The smallest absolute Gasteiger partial charge is 0.407 e. The minimum Gasteiger partial charge on any atom is -0.477 e. The molecule has 0 radical (unpaired) electrons. The molecule has 0 spiro atoms. The number of nitrogens with zero attached hydrogens (tertiary/aromatic N) is 1. The van der Waals surface area contributed by atoms with Gasteiger partial charge < -0.3 is 15.2 Å². The zero-order valence-electron chi connectivity index (χ0n) is 13.8. The molecule has 0 saturated heterocycles. The van der Waals surface area contributed by atoms with Crippen LogP contribution in [0.4, 0.5) is 4.79 Å². The number of alkyl carbamates (subject to hydrolysis) is 1. The fraction of sp³-hybridized carbons (Fsp3) is 0.105. The molecule has 7 nitrogen and oxygen atoms in total. The number of carbonyl (C=O) groups excluding carboxylic acids is 1. The molecule has 0 unspecified atom stereocenters. The van der Waals surface area contributed by atoms with Crippen molar-refractivity contribution < 1.29 is 19.4 Å². The van der Waals surface area contributed by atoms with Gasteiger partial charge in [0.15, 0.2) is 0 Å². The zero-order valence-corrected chi connectivity index (χ0v) is 13.8. The van der Waals surface area contributed by atoms with E-state index in [9.17, 15) is 9.59 Å². The van der Waals surface area contributed by atoms with Crippen molar-refractivity contribution in [3.63, 3.8) is 0 Å². The summed E-state index contributed by atoms with van der Waals surface area (Å²) in [6.45, 7) is 0.425. The lowest BCUT2D eigenvalue weighted by Gasteiger charge is -2.10. The van der Waals surface area contributed by atoms with E-state index in [4.69, 9.17) is 9.84 Å². The Kier molecular flexibility index (Phi) is 5.28. The maximum absolute atomic E-state index is 11.9. The van der Waals surface area contributed by atoms with Gasteiger partial charge in [0.25, 0.3) is 0 Å². The highest BCUT2D eigenvalue weighted by Gasteiger charge is 2.13. The molecule has 132 valence electrons. The Morgan fingerprint density at radius 3 is 2.54 bits per heavy atom. The second-order valence-electron chi connectivity index (χ2n) is 5.54. The molecule has 3 aromatic rings. The van der Waals surface area contributed by atoms with E-state index in [0.29, 0.717) is 5.69 Å². The normalized spacial score (nSPS) is 10.3. The summed E-state index contributed by atoms with van der Waals surface area (Å²) in [5.41, 5.74) is 2.94. The van der Waals surface area contributed by atoms with Gasteiger partial charge in [-0.1, -0.05) is 54.6 Å². The van der Waals surface area contributed by atoms with Gasteiger partial charge in [-0.15, -0.1) is 0 Å². The minimum absolute atomic E-state index is 0.00466. The Balaban J connectivity index is 1.63. The molecule has 1 amide bonds. The summed E-state index contributed by atoms with van der Waals surface area (Å²) >= 11 is 0. The third-order valence-electron chi connectivity index (χ3n) is 3.74. The fourth-order valence-corrected chi connectivity index (χ4v) is 2.44. The summed E-state index contributed by atoms with van der Waals surface area (Å²) in [6.07, 6.45) is -0.531. The predicted octanol–water partition coefficient (Wildman–Crippen LogP) is 3.20. The lowest BCUT2D eigenvalue weighted by Crippen LogP contribution is -2.23. The van der Waals surface area contributed by atoms with Crippen LogP contribution in [-0.2, 0) is 17.9 Å². The number of aromatic amines is 1. The summed E-state index contributed by atoms with van der Waals surface area (Å²) in [5.74, 6) is -1.08. The second kappa shape index (κ2) is 7.98. The number of carboxylic acid groups (broad SMARTS) is 1. The Bertz CT molecular complexity index is 906. The van der Waals surface area contributed by atoms with Crippen LogP contribution in [0.25, 0.3) is 11.3 Å². The first kappa shape index (κ1) is 17.2. The number of aromatic nitrogens is 2. The molecular formula is C19H17N3O4. The van der Waals surface area contributed by atoms with E-state index >= 15 is 0 Å². The van der Waals surface area contributed by atoms with Gasteiger partial charge >= 0.3 is 12.1 Å².